The lowest BCUT2D eigenvalue weighted by Crippen LogP contribution is -2.38. The molecule has 0 aliphatic heterocycles. The summed E-state index contributed by atoms with van der Waals surface area (Å²) in [7, 11) is 0. The summed E-state index contributed by atoms with van der Waals surface area (Å²) in [6.45, 7) is 6.41. The molecule has 4 heteroatoms. The molecule has 0 saturated heterocycles. The van der Waals surface area contributed by atoms with Crippen LogP contribution in [0.5, 0.6) is 0 Å². The Morgan fingerprint density at radius 1 is 1.42 bits per heavy atom. The molecule has 0 heterocycles. The van der Waals surface area contributed by atoms with Crippen LogP contribution in [0.1, 0.15) is 33.6 Å². The number of benzene rings is 1. The number of anilines is 1. The fraction of sp³-hybridized carbons (Fsp3) is 0.533. The summed E-state index contributed by atoms with van der Waals surface area (Å²) in [6, 6.07) is 7.78. The van der Waals surface area contributed by atoms with E-state index in [0.717, 1.165) is 16.7 Å². The van der Waals surface area contributed by atoms with Gasteiger partial charge in [0.05, 0.1) is 0 Å². The van der Waals surface area contributed by atoms with Crippen molar-refractivity contribution in [3.05, 3.63) is 28.7 Å². The number of hydrogen-bond acceptors (Lipinski definition) is 2. The normalized spacial score (nSPS) is 15.2. The molecular weight excluding hydrogens is 306 g/mol. The Balaban J connectivity index is 2.17. The van der Waals surface area contributed by atoms with Gasteiger partial charge in [-0.2, -0.15) is 0 Å². The van der Waals surface area contributed by atoms with Gasteiger partial charge in [-0.05, 0) is 57.7 Å². The zero-order chi connectivity index (χ0) is 14.0. The Morgan fingerprint density at radius 3 is 2.63 bits per heavy atom. The Hall–Kier alpha value is -1.03. The molecule has 0 radical (unpaired) electrons. The van der Waals surface area contributed by atoms with E-state index in [2.05, 4.69) is 15.9 Å². The van der Waals surface area contributed by atoms with Crippen molar-refractivity contribution in [3.8, 4) is 0 Å². The van der Waals surface area contributed by atoms with E-state index in [0.29, 0.717) is 5.92 Å². The fourth-order valence-corrected chi connectivity index (χ4v) is 2.19. The van der Waals surface area contributed by atoms with Gasteiger partial charge in [0, 0.05) is 16.7 Å². The van der Waals surface area contributed by atoms with E-state index < -0.39 is 5.60 Å². The van der Waals surface area contributed by atoms with E-state index in [1.807, 2.05) is 45.0 Å². The number of nitrogens with zero attached hydrogens (tertiary/aromatic N) is 1. The number of hydrogen-bond donors (Lipinski definition) is 0. The number of halogens is 1. The third kappa shape index (κ3) is 4.53. The summed E-state index contributed by atoms with van der Waals surface area (Å²) in [5.41, 5.74) is 0.417. The first-order valence-electron chi connectivity index (χ1n) is 6.61. The predicted molar refractivity (Wildman–Crippen MR) is 80.4 cm³/mol. The van der Waals surface area contributed by atoms with Crippen LogP contribution in [0.25, 0.3) is 0 Å². The van der Waals surface area contributed by atoms with Gasteiger partial charge in [-0.1, -0.05) is 22.0 Å². The minimum absolute atomic E-state index is 0.266. The summed E-state index contributed by atoms with van der Waals surface area (Å²) < 4.78 is 6.46. The summed E-state index contributed by atoms with van der Waals surface area (Å²) in [5.74, 6) is 0.617. The van der Waals surface area contributed by atoms with Crippen LogP contribution in [0.15, 0.2) is 28.7 Å². The zero-order valence-electron chi connectivity index (χ0n) is 11.6. The van der Waals surface area contributed by atoms with Gasteiger partial charge in [0.2, 0.25) is 0 Å². The molecule has 0 unspecified atom stereocenters. The second-order valence-corrected chi connectivity index (χ2v) is 6.93. The van der Waals surface area contributed by atoms with Crippen LogP contribution >= 0.6 is 15.9 Å². The van der Waals surface area contributed by atoms with Crippen molar-refractivity contribution in [3.63, 3.8) is 0 Å². The van der Waals surface area contributed by atoms with Crippen LogP contribution in [0, 0.1) is 5.92 Å². The molecule has 1 amide bonds. The van der Waals surface area contributed by atoms with E-state index in [1.165, 1.54) is 12.8 Å². The maximum absolute atomic E-state index is 12.3. The van der Waals surface area contributed by atoms with Crippen LogP contribution in [0.4, 0.5) is 10.5 Å². The summed E-state index contributed by atoms with van der Waals surface area (Å²) in [5, 5.41) is 0. The Kier molecular flexibility index (Phi) is 4.19. The average Bonchev–Trinajstić information content (AvgIpc) is 3.07. The lowest BCUT2D eigenvalue weighted by atomic mass is 10.2. The second kappa shape index (κ2) is 5.53. The van der Waals surface area contributed by atoms with Crippen LogP contribution in [0.2, 0.25) is 0 Å². The first-order chi connectivity index (χ1) is 8.85. The molecule has 0 aromatic heterocycles. The summed E-state index contributed by atoms with van der Waals surface area (Å²) in [4.78, 5) is 14.1. The van der Waals surface area contributed by atoms with Crippen LogP contribution in [-0.2, 0) is 4.74 Å². The Bertz CT molecular complexity index is 463. The first kappa shape index (κ1) is 14.4. The van der Waals surface area contributed by atoms with E-state index in [1.54, 1.807) is 4.90 Å². The molecule has 1 aliphatic carbocycles. The van der Waals surface area contributed by atoms with Crippen LogP contribution in [0.3, 0.4) is 0 Å². The molecule has 1 fully saturated rings. The van der Waals surface area contributed by atoms with E-state index in [9.17, 15) is 4.79 Å². The lowest BCUT2D eigenvalue weighted by Gasteiger charge is -2.27. The van der Waals surface area contributed by atoms with E-state index in [-0.39, 0.29) is 6.09 Å². The molecule has 0 N–H and O–H groups in total. The van der Waals surface area contributed by atoms with Crippen molar-refractivity contribution in [2.45, 2.75) is 39.2 Å². The third-order valence-corrected chi connectivity index (χ3v) is 3.36. The average molecular weight is 326 g/mol. The number of carbonyl (C=O) groups excluding carboxylic acids is 1. The first-order valence-corrected chi connectivity index (χ1v) is 7.40. The zero-order valence-corrected chi connectivity index (χ0v) is 13.2. The predicted octanol–water partition coefficient (Wildman–Crippen LogP) is 4.60. The van der Waals surface area contributed by atoms with Crippen LogP contribution in [-0.4, -0.2) is 18.2 Å². The SMILES string of the molecule is CC(C)(C)OC(=O)N(CC1CC1)c1cccc(Br)c1. The van der Waals surface area contributed by atoms with E-state index in [4.69, 9.17) is 4.74 Å². The molecule has 1 saturated carbocycles. The smallest absolute Gasteiger partial charge is 0.414 e. The number of carbonyl (C=O) groups is 1. The molecule has 19 heavy (non-hydrogen) atoms. The highest BCUT2D eigenvalue weighted by Crippen LogP contribution is 2.32. The minimum Gasteiger partial charge on any atom is -0.443 e. The Labute approximate surface area is 123 Å². The van der Waals surface area contributed by atoms with Gasteiger partial charge in [0.25, 0.3) is 0 Å². The van der Waals surface area contributed by atoms with Crippen molar-refractivity contribution in [2.75, 3.05) is 11.4 Å². The maximum atomic E-state index is 12.3. The van der Waals surface area contributed by atoms with Gasteiger partial charge >= 0.3 is 6.09 Å². The number of rotatable bonds is 3. The highest BCUT2D eigenvalue weighted by atomic mass is 79.9. The molecular formula is C15H20BrNO2. The molecule has 1 aromatic rings. The number of amides is 1. The van der Waals surface area contributed by atoms with Gasteiger partial charge < -0.3 is 4.74 Å². The Morgan fingerprint density at radius 2 is 2.11 bits per heavy atom. The minimum atomic E-state index is -0.467. The largest absolute Gasteiger partial charge is 0.443 e. The second-order valence-electron chi connectivity index (χ2n) is 6.01. The molecule has 1 aliphatic rings. The molecule has 3 nitrogen and oxygen atoms in total. The molecule has 0 spiro atoms. The van der Waals surface area contributed by atoms with Crippen molar-refractivity contribution in [1.82, 2.24) is 0 Å². The van der Waals surface area contributed by atoms with Gasteiger partial charge in [-0.25, -0.2) is 4.79 Å². The van der Waals surface area contributed by atoms with Gasteiger partial charge in [-0.3, -0.25) is 4.90 Å². The van der Waals surface area contributed by atoms with Crippen LogP contribution < -0.4 is 4.90 Å². The molecule has 1 aromatic carbocycles. The fourth-order valence-electron chi connectivity index (χ4n) is 1.81. The van der Waals surface area contributed by atoms with Crippen molar-refractivity contribution in [1.29, 1.82) is 0 Å². The van der Waals surface area contributed by atoms with Gasteiger partial charge in [0.1, 0.15) is 5.60 Å². The lowest BCUT2D eigenvalue weighted by molar-refractivity contribution is 0.0578. The molecule has 0 atom stereocenters. The molecule has 104 valence electrons. The van der Waals surface area contributed by atoms with Gasteiger partial charge in [-0.15, -0.1) is 0 Å². The quantitative estimate of drug-likeness (QED) is 0.812. The topological polar surface area (TPSA) is 29.5 Å². The summed E-state index contributed by atoms with van der Waals surface area (Å²) in [6.07, 6.45) is 2.14. The van der Waals surface area contributed by atoms with Gasteiger partial charge in [0.15, 0.2) is 0 Å². The maximum Gasteiger partial charge on any atom is 0.414 e. The van der Waals surface area contributed by atoms with E-state index >= 15 is 0 Å². The highest BCUT2D eigenvalue weighted by molar-refractivity contribution is 9.10. The third-order valence-electron chi connectivity index (χ3n) is 2.87. The summed E-state index contributed by atoms with van der Waals surface area (Å²) >= 11 is 3.44. The molecule has 0 bridgehead atoms. The number of ether oxygens (including phenoxy) is 1. The van der Waals surface area contributed by atoms with Crippen molar-refractivity contribution >= 4 is 27.7 Å². The van der Waals surface area contributed by atoms with Crippen molar-refractivity contribution in [2.24, 2.45) is 5.92 Å². The monoisotopic (exact) mass is 325 g/mol. The molecule has 2 rings (SSSR count). The van der Waals surface area contributed by atoms with Crippen molar-refractivity contribution < 1.29 is 9.53 Å². The highest BCUT2D eigenvalue weighted by Gasteiger charge is 2.30. The standard InChI is InChI=1S/C15H20BrNO2/c1-15(2,3)19-14(18)17(10-11-7-8-11)13-6-4-5-12(16)9-13/h4-6,9,11H,7-8,10H2,1-3H3.